The number of urea groups is 1. The van der Waals surface area contributed by atoms with Gasteiger partial charge >= 0.3 is 6.03 Å². The van der Waals surface area contributed by atoms with Crippen molar-refractivity contribution in [2.75, 3.05) is 34.4 Å². The molecule has 112 valence electrons. The minimum atomic E-state index is -0.104. The van der Waals surface area contributed by atoms with Crippen molar-refractivity contribution >= 4 is 6.03 Å². The summed E-state index contributed by atoms with van der Waals surface area (Å²) < 4.78 is 10.2. The third-order valence-corrected chi connectivity index (χ3v) is 3.07. The summed E-state index contributed by atoms with van der Waals surface area (Å²) in [6.45, 7) is 5.60. The minimum absolute atomic E-state index is 0.104. The van der Waals surface area contributed by atoms with Gasteiger partial charge in [-0.2, -0.15) is 0 Å². The van der Waals surface area contributed by atoms with Crippen LogP contribution in [0.2, 0.25) is 0 Å². The normalized spacial score (nSPS) is 10.2. The van der Waals surface area contributed by atoms with Crippen molar-refractivity contribution < 1.29 is 14.3 Å². The predicted octanol–water partition coefficient (Wildman–Crippen LogP) is 2.10. The Hall–Kier alpha value is -1.75. The summed E-state index contributed by atoms with van der Waals surface area (Å²) in [5.41, 5.74) is 3.25. The molecular formula is C15H24N2O3. The molecule has 0 bridgehead atoms. The molecule has 20 heavy (non-hydrogen) atoms. The van der Waals surface area contributed by atoms with Crippen LogP contribution in [-0.2, 0) is 11.3 Å². The fourth-order valence-electron chi connectivity index (χ4n) is 2.19. The molecule has 0 aliphatic rings. The van der Waals surface area contributed by atoms with E-state index in [0.29, 0.717) is 19.7 Å². The molecule has 1 aromatic rings. The van der Waals surface area contributed by atoms with Gasteiger partial charge in [0.05, 0.1) is 13.7 Å². The average molecular weight is 280 g/mol. The van der Waals surface area contributed by atoms with Crippen LogP contribution in [0.15, 0.2) is 12.1 Å². The number of nitrogens with zero attached hydrogens (tertiary/aromatic N) is 1. The van der Waals surface area contributed by atoms with E-state index in [4.69, 9.17) is 9.47 Å². The number of hydrogen-bond acceptors (Lipinski definition) is 3. The molecule has 1 rings (SSSR count). The van der Waals surface area contributed by atoms with E-state index in [0.717, 1.165) is 22.4 Å². The second-order valence-corrected chi connectivity index (χ2v) is 4.84. The van der Waals surface area contributed by atoms with E-state index in [9.17, 15) is 4.79 Å². The molecule has 0 spiro atoms. The van der Waals surface area contributed by atoms with E-state index >= 15 is 0 Å². The molecule has 0 radical (unpaired) electrons. The zero-order valence-corrected chi connectivity index (χ0v) is 12.9. The molecule has 0 aliphatic carbocycles. The number of nitrogens with one attached hydrogen (secondary N) is 1. The zero-order chi connectivity index (χ0) is 15.1. The number of carbonyl (C=O) groups excluding carboxylic acids is 1. The summed E-state index contributed by atoms with van der Waals surface area (Å²) >= 11 is 0. The lowest BCUT2D eigenvalue weighted by Gasteiger charge is -2.19. The molecule has 0 heterocycles. The largest absolute Gasteiger partial charge is 0.496 e. The Kier molecular flexibility index (Phi) is 6.31. The van der Waals surface area contributed by atoms with Crippen LogP contribution in [0.4, 0.5) is 4.79 Å². The van der Waals surface area contributed by atoms with Crippen molar-refractivity contribution in [2.24, 2.45) is 0 Å². The fraction of sp³-hybridized carbons (Fsp3) is 0.533. The summed E-state index contributed by atoms with van der Waals surface area (Å²) in [6, 6.07) is 3.99. The molecule has 0 unspecified atom stereocenters. The van der Waals surface area contributed by atoms with Gasteiger partial charge in [-0.25, -0.2) is 4.79 Å². The Morgan fingerprint density at radius 3 is 2.35 bits per heavy atom. The lowest BCUT2D eigenvalue weighted by Crippen LogP contribution is -2.38. The number of benzene rings is 1. The monoisotopic (exact) mass is 280 g/mol. The first-order valence-corrected chi connectivity index (χ1v) is 6.61. The van der Waals surface area contributed by atoms with Crippen LogP contribution in [0, 0.1) is 13.8 Å². The molecule has 5 heteroatoms. The number of rotatable bonds is 6. The Morgan fingerprint density at radius 1 is 1.25 bits per heavy atom. The highest BCUT2D eigenvalue weighted by Crippen LogP contribution is 2.24. The van der Waals surface area contributed by atoms with Gasteiger partial charge in [-0.3, -0.25) is 0 Å². The smallest absolute Gasteiger partial charge is 0.317 e. The van der Waals surface area contributed by atoms with Gasteiger partial charge in [0, 0.05) is 27.2 Å². The summed E-state index contributed by atoms with van der Waals surface area (Å²) in [6.07, 6.45) is 0. The molecule has 0 atom stereocenters. The van der Waals surface area contributed by atoms with Gasteiger partial charge in [0.2, 0.25) is 0 Å². The molecule has 1 aromatic carbocycles. The summed E-state index contributed by atoms with van der Waals surface area (Å²) in [5.74, 6) is 0.904. The maximum atomic E-state index is 11.8. The van der Waals surface area contributed by atoms with Crippen molar-refractivity contribution in [2.45, 2.75) is 20.4 Å². The molecule has 1 N–H and O–H groups in total. The van der Waals surface area contributed by atoms with Crippen molar-refractivity contribution in [1.82, 2.24) is 10.2 Å². The van der Waals surface area contributed by atoms with Crippen LogP contribution in [0.25, 0.3) is 0 Å². The Balaban J connectivity index is 2.66. The maximum Gasteiger partial charge on any atom is 0.317 e. The maximum absolute atomic E-state index is 11.8. The number of hydrogen-bond donors (Lipinski definition) is 1. The summed E-state index contributed by atoms with van der Waals surface area (Å²) in [4.78, 5) is 13.5. The van der Waals surface area contributed by atoms with Crippen molar-refractivity contribution in [3.05, 3.63) is 28.8 Å². The summed E-state index contributed by atoms with van der Waals surface area (Å²) in [5, 5.41) is 2.79. The molecule has 0 aromatic heterocycles. The van der Waals surface area contributed by atoms with Crippen LogP contribution in [-0.4, -0.2) is 45.3 Å². The van der Waals surface area contributed by atoms with E-state index in [2.05, 4.69) is 5.32 Å². The average Bonchev–Trinajstić information content (AvgIpc) is 2.38. The first-order valence-electron chi connectivity index (χ1n) is 6.61. The first kappa shape index (κ1) is 16.3. The van der Waals surface area contributed by atoms with Crippen LogP contribution in [0.5, 0.6) is 5.75 Å². The third-order valence-electron chi connectivity index (χ3n) is 3.07. The van der Waals surface area contributed by atoms with Gasteiger partial charge < -0.3 is 19.7 Å². The fourth-order valence-corrected chi connectivity index (χ4v) is 2.19. The lowest BCUT2D eigenvalue weighted by atomic mass is 10.1. The molecule has 0 saturated heterocycles. The topological polar surface area (TPSA) is 50.8 Å². The van der Waals surface area contributed by atoms with Gasteiger partial charge in [-0.15, -0.1) is 0 Å². The van der Waals surface area contributed by atoms with Gasteiger partial charge in [0.25, 0.3) is 0 Å². The van der Waals surface area contributed by atoms with Gasteiger partial charge in [-0.05, 0) is 30.5 Å². The molecular weight excluding hydrogens is 256 g/mol. The molecule has 0 saturated carbocycles. The number of aryl methyl sites for hydroxylation is 2. The second kappa shape index (κ2) is 7.75. The van der Waals surface area contributed by atoms with Crippen LogP contribution < -0.4 is 10.1 Å². The van der Waals surface area contributed by atoms with Crippen LogP contribution >= 0.6 is 0 Å². The van der Waals surface area contributed by atoms with Gasteiger partial charge in [0.1, 0.15) is 5.75 Å². The van der Waals surface area contributed by atoms with E-state index in [-0.39, 0.29) is 6.03 Å². The number of ether oxygens (including phenoxy) is 2. The van der Waals surface area contributed by atoms with Crippen molar-refractivity contribution in [3.8, 4) is 5.75 Å². The lowest BCUT2D eigenvalue weighted by molar-refractivity contribution is 0.184. The number of amides is 2. The Morgan fingerprint density at radius 2 is 1.85 bits per heavy atom. The molecule has 0 fully saturated rings. The molecule has 5 nitrogen and oxygen atoms in total. The SMILES string of the molecule is COCCNC(=O)N(C)Cc1cc(C)c(OC)c(C)c1. The third kappa shape index (κ3) is 4.42. The number of carbonyl (C=O) groups is 1. The van der Waals surface area contributed by atoms with Crippen molar-refractivity contribution in [1.29, 1.82) is 0 Å². The predicted molar refractivity (Wildman–Crippen MR) is 79.2 cm³/mol. The molecule has 2 amide bonds. The van der Waals surface area contributed by atoms with E-state index in [1.807, 2.05) is 26.0 Å². The number of methoxy groups -OCH3 is 2. The van der Waals surface area contributed by atoms with E-state index in [1.165, 1.54) is 0 Å². The Bertz CT molecular complexity index is 437. The first-order chi connectivity index (χ1) is 9.49. The van der Waals surface area contributed by atoms with Gasteiger partial charge in [-0.1, -0.05) is 12.1 Å². The quantitative estimate of drug-likeness (QED) is 0.812. The Labute approximate surface area is 120 Å². The zero-order valence-electron chi connectivity index (χ0n) is 12.9. The van der Waals surface area contributed by atoms with Gasteiger partial charge in [0.15, 0.2) is 0 Å². The minimum Gasteiger partial charge on any atom is -0.496 e. The van der Waals surface area contributed by atoms with Crippen LogP contribution in [0.1, 0.15) is 16.7 Å². The van der Waals surface area contributed by atoms with E-state index in [1.54, 1.807) is 26.2 Å². The highest BCUT2D eigenvalue weighted by molar-refractivity contribution is 5.73. The highest BCUT2D eigenvalue weighted by Gasteiger charge is 2.11. The summed E-state index contributed by atoms with van der Waals surface area (Å²) in [7, 11) is 5.06. The van der Waals surface area contributed by atoms with E-state index < -0.39 is 0 Å². The highest BCUT2D eigenvalue weighted by atomic mass is 16.5. The second-order valence-electron chi connectivity index (χ2n) is 4.84. The standard InChI is InChI=1S/C15H24N2O3/c1-11-8-13(9-12(2)14(11)20-5)10-17(3)15(18)16-6-7-19-4/h8-9H,6-7,10H2,1-5H3,(H,16,18). The molecule has 0 aliphatic heterocycles. The van der Waals surface area contributed by atoms with Crippen molar-refractivity contribution in [3.63, 3.8) is 0 Å². The van der Waals surface area contributed by atoms with Crippen LogP contribution in [0.3, 0.4) is 0 Å².